The lowest BCUT2D eigenvalue weighted by molar-refractivity contribution is 0.112. The highest BCUT2D eigenvalue weighted by Gasteiger charge is 2.04. The standard InChI is InChI=1S/C13H8ClFO2/c14-12-6-9(8-16)4-5-13(12)17-11-3-1-2-10(15)7-11/h1-8H. The summed E-state index contributed by atoms with van der Waals surface area (Å²) in [4.78, 5) is 10.5. The van der Waals surface area contributed by atoms with Gasteiger partial charge in [-0.15, -0.1) is 0 Å². The summed E-state index contributed by atoms with van der Waals surface area (Å²) in [5.74, 6) is 0.344. The zero-order chi connectivity index (χ0) is 12.3. The average Bonchev–Trinajstić information content (AvgIpc) is 2.32. The third kappa shape index (κ3) is 2.82. The number of benzene rings is 2. The van der Waals surface area contributed by atoms with Crippen molar-refractivity contribution < 1.29 is 13.9 Å². The fraction of sp³-hybridized carbons (Fsp3) is 0. The maximum absolute atomic E-state index is 12.9. The molecule has 2 aromatic rings. The fourth-order valence-corrected chi connectivity index (χ4v) is 1.56. The van der Waals surface area contributed by atoms with Crippen LogP contribution >= 0.6 is 11.6 Å². The first-order chi connectivity index (χ1) is 8.19. The molecular weight excluding hydrogens is 243 g/mol. The number of rotatable bonds is 3. The average molecular weight is 251 g/mol. The molecule has 0 spiro atoms. The minimum atomic E-state index is -0.386. The van der Waals surface area contributed by atoms with Crippen molar-refractivity contribution in [3.63, 3.8) is 0 Å². The van der Waals surface area contributed by atoms with Gasteiger partial charge in [0.25, 0.3) is 0 Å². The predicted octanol–water partition coefficient (Wildman–Crippen LogP) is 4.08. The number of carbonyl (C=O) groups is 1. The molecule has 0 heterocycles. The van der Waals surface area contributed by atoms with Crippen LogP contribution in [0.2, 0.25) is 5.02 Å². The van der Waals surface area contributed by atoms with E-state index >= 15 is 0 Å². The summed E-state index contributed by atoms with van der Waals surface area (Å²) in [7, 11) is 0. The van der Waals surface area contributed by atoms with Crippen LogP contribution in [0.1, 0.15) is 10.4 Å². The molecule has 2 rings (SSSR count). The Morgan fingerprint density at radius 1 is 1.18 bits per heavy atom. The Morgan fingerprint density at radius 2 is 2.00 bits per heavy atom. The highest BCUT2D eigenvalue weighted by Crippen LogP contribution is 2.29. The summed E-state index contributed by atoms with van der Waals surface area (Å²) < 4.78 is 18.3. The van der Waals surface area contributed by atoms with E-state index in [9.17, 15) is 9.18 Å². The Kier molecular flexibility index (Phi) is 3.40. The van der Waals surface area contributed by atoms with E-state index in [0.29, 0.717) is 28.4 Å². The zero-order valence-corrected chi connectivity index (χ0v) is 9.45. The van der Waals surface area contributed by atoms with Gasteiger partial charge in [0.1, 0.15) is 23.6 Å². The third-order valence-corrected chi connectivity index (χ3v) is 2.41. The number of carbonyl (C=O) groups excluding carboxylic acids is 1. The monoisotopic (exact) mass is 250 g/mol. The minimum Gasteiger partial charge on any atom is -0.456 e. The van der Waals surface area contributed by atoms with Gasteiger partial charge in [0, 0.05) is 11.6 Å². The minimum absolute atomic E-state index is 0.305. The number of ether oxygens (including phenoxy) is 1. The second kappa shape index (κ2) is 4.97. The first-order valence-corrected chi connectivity index (χ1v) is 5.25. The molecular formula is C13H8ClFO2. The molecule has 0 fully saturated rings. The Hall–Kier alpha value is -1.87. The molecule has 0 aliphatic rings. The smallest absolute Gasteiger partial charge is 0.150 e. The van der Waals surface area contributed by atoms with Crippen molar-refractivity contribution in [2.24, 2.45) is 0 Å². The van der Waals surface area contributed by atoms with Crippen molar-refractivity contribution >= 4 is 17.9 Å². The van der Waals surface area contributed by atoms with Crippen LogP contribution in [-0.2, 0) is 0 Å². The molecule has 0 radical (unpaired) electrons. The summed E-state index contributed by atoms with van der Waals surface area (Å²) in [5.41, 5.74) is 0.460. The van der Waals surface area contributed by atoms with Crippen LogP contribution in [0, 0.1) is 5.82 Å². The molecule has 2 nitrogen and oxygen atoms in total. The SMILES string of the molecule is O=Cc1ccc(Oc2cccc(F)c2)c(Cl)c1. The van der Waals surface area contributed by atoms with Crippen molar-refractivity contribution in [3.8, 4) is 11.5 Å². The molecule has 0 bridgehead atoms. The Morgan fingerprint density at radius 3 is 2.65 bits per heavy atom. The normalized spacial score (nSPS) is 10.0. The van der Waals surface area contributed by atoms with Crippen LogP contribution in [0.5, 0.6) is 11.5 Å². The number of aldehydes is 1. The molecule has 0 aromatic heterocycles. The van der Waals surface area contributed by atoms with Gasteiger partial charge in [-0.25, -0.2) is 4.39 Å². The van der Waals surface area contributed by atoms with Crippen molar-refractivity contribution in [2.45, 2.75) is 0 Å². The third-order valence-electron chi connectivity index (χ3n) is 2.12. The van der Waals surface area contributed by atoms with E-state index in [4.69, 9.17) is 16.3 Å². The predicted molar refractivity (Wildman–Crippen MR) is 63.3 cm³/mol. The van der Waals surface area contributed by atoms with Gasteiger partial charge in [-0.3, -0.25) is 4.79 Å². The van der Waals surface area contributed by atoms with Gasteiger partial charge < -0.3 is 4.74 Å². The van der Waals surface area contributed by atoms with Crippen molar-refractivity contribution in [1.29, 1.82) is 0 Å². The van der Waals surface area contributed by atoms with E-state index in [1.807, 2.05) is 0 Å². The Bertz CT molecular complexity index is 555. The summed E-state index contributed by atoms with van der Waals surface area (Å²) in [6.07, 6.45) is 0.692. The molecule has 0 unspecified atom stereocenters. The van der Waals surface area contributed by atoms with Gasteiger partial charge >= 0.3 is 0 Å². The molecule has 0 aliphatic carbocycles. The van der Waals surface area contributed by atoms with Gasteiger partial charge in [-0.2, -0.15) is 0 Å². The molecule has 86 valence electrons. The van der Waals surface area contributed by atoms with E-state index < -0.39 is 0 Å². The van der Waals surface area contributed by atoms with Crippen LogP contribution in [0.3, 0.4) is 0 Å². The van der Waals surface area contributed by atoms with E-state index in [1.54, 1.807) is 24.3 Å². The summed E-state index contributed by atoms with van der Waals surface area (Å²) in [6.45, 7) is 0. The van der Waals surface area contributed by atoms with Crippen LogP contribution in [0.25, 0.3) is 0 Å². The summed E-state index contributed by atoms with van der Waals surface area (Å²) >= 11 is 5.92. The molecule has 0 saturated heterocycles. The molecule has 17 heavy (non-hydrogen) atoms. The molecule has 0 N–H and O–H groups in total. The Labute approximate surface area is 103 Å². The highest BCUT2D eigenvalue weighted by atomic mass is 35.5. The lowest BCUT2D eigenvalue weighted by Gasteiger charge is -2.07. The van der Waals surface area contributed by atoms with Crippen LogP contribution in [0.4, 0.5) is 4.39 Å². The molecule has 0 aliphatic heterocycles. The fourth-order valence-electron chi connectivity index (χ4n) is 1.33. The van der Waals surface area contributed by atoms with Crippen LogP contribution in [-0.4, -0.2) is 6.29 Å². The lowest BCUT2D eigenvalue weighted by Crippen LogP contribution is -1.87. The number of hydrogen-bond donors (Lipinski definition) is 0. The molecule has 0 saturated carbocycles. The van der Waals surface area contributed by atoms with E-state index in [-0.39, 0.29) is 5.82 Å². The Balaban J connectivity index is 2.27. The van der Waals surface area contributed by atoms with Gasteiger partial charge in [0.15, 0.2) is 0 Å². The van der Waals surface area contributed by atoms with Crippen molar-refractivity contribution in [2.75, 3.05) is 0 Å². The molecule has 0 amide bonds. The molecule has 4 heteroatoms. The van der Waals surface area contributed by atoms with Gasteiger partial charge in [0.05, 0.1) is 5.02 Å². The number of halogens is 2. The van der Waals surface area contributed by atoms with E-state index in [1.165, 1.54) is 18.2 Å². The maximum Gasteiger partial charge on any atom is 0.150 e. The second-order valence-corrected chi connectivity index (χ2v) is 3.77. The first kappa shape index (κ1) is 11.6. The van der Waals surface area contributed by atoms with Gasteiger partial charge in [-0.1, -0.05) is 17.7 Å². The van der Waals surface area contributed by atoms with E-state index in [2.05, 4.69) is 0 Å². The van der Waals surface area contributed by atoms with Crippen molar-refractivity contribution in [3.05, 3.63) is 58.9 Å². The van der Waals surface area contributed by atoms with E-state index in [0.717, 1.165) is 0 Å². The van der Waals surface area contributed by atoms with Crippen molar-refractivity contribution in [1.82, 2.24) is 0 Å². The molecule has 2 aromatic carbocycles. The largest absolute Gasteiger partial charge is 0.456 e. The maximum atomic E-state index is 12.9. The highest BCUT2D eigenvalue weighted by molar-refractivity contribution is 6.32. The van der Waals surface area contributed by atoms with Crippen LogP contribution in [0.15, 0.2) is 42.5 Å². The van der Waals surface area contributed by atoms with Crippen LogP contribution < -0.4 is 4.74 Å². The molecule has 0 atom stereocenters. The summed E-state index contributed by atoms with van der Waals surface area (Å²) in [6, 6.07) is 10.4. The quantitative estimate of drug-likeness (QED) is 0.767. The van der Waals surface area contributed by atoms with Gasteiger partial charge in [-0.05, 0) is 30.3 Å². The topological polar surface area (TPSA) is 26.3 Å². The number of hydrogen-bond acceptors (Lipinski definition) is 2. The summed E-state index contributed by atoms with van der Waals surface area (Å²) in [5, 5.41) is 0.305. The zero-order valence-electron chi connectivity index (χ0n) is 8.69. The van der Waals surface area contributed by atoms with Gasteiger partial charge in [0.2, 0.25) is 0 Å². The lowest BCUT2D eigenvalue weighted by atomic mass is 10.2. The first-order valence-electron chi connectivity index (χ1n) is 4.87. The second-order valence-electron chi connectivity index (χ2n) is 3.37.